The van der Waals surface area contributed by atoms with Gasteiger partial charge in [-0.05, 0) is 47.4 Å². The van der Waals surface area contributed by atoms with Crippen molar-refractivity contribution in [2.24, 2.45) is 0 Å². The van der Waals surface area contributed by atoms with Crippen LogP contribution in [0.1, 0.15) is 97.7 Å². The molecule has 4 aromatic rings. The van der Waals surface area contributed by atoms with Crippen molar-refractivity contribution in [1.82, 2.24) is 4.98 Å². The number of nitrogens with one attached hydrogen (secondary N) is 1. The van der Waals surface area contributed by atoms with Crippen LogP contribution in [0, 0.1) is 0 Å². The lowest BCUT2D eigenvalue weighted by Gasteiger charge is -2.26. The van der Waals surface area contributed by atoms with E-state index >= 15 is 0 Å². The van der Waals surface area contributed by atoms with Gasteiger partial charge in [0.1, 0.15) is 22.6 Å². The molecule has 1 aliphatic rings. The van der Waals surface area contributed by atoms with Crippen molar-refractivity contribution < 1.29 is 4.42 Å². The summed E-state index contributed by atoms with van der Waals surface area (Å²) < 4.78 is 6.34. The Morgan fingerprint density at radius 3 is 2.37 bits per heavy atom. The van der Waals surface area contributed by atoms with Gasteiger partial charge in [0, 0.05) is 28.6 Å². The van der Waals surface area contributed by atoms with Crippen LogP contribution in [-0.2, 0) is 12.8 Å². The van der Waals surface area contributed by atoms with Crippen LogP contribution in [0.3, 0.4) is 0 Å². The highest BCUT2D eigenvalue weighted by Gasteiger charge is 2.26. The highest BCUT2D eigenvalue weighted by atomic mass is 32.1. The topological polar surface area (TPSA) is 38.1 Å². The van der Waals surface area contributed by atoms with Crippen LogP contribution < -0.4 is 5.32 Å². The number of aromatic nitrogens is 1. The Morgan fingerprint density at radius 1 is 0.947 bits per heavy atom. The Balaban J connectivity index is 1.61. The molecule has 0 bridgehead atoms. The summed E-state index contributed by atoms with van der Waals surface area (Å²) in [6.45, 7) is 11.2. The van der Waals surface area contributed by atoms with Crippen LogP contribution in [0.25, 0.3) is 17.3 Å². The molecule has 1 atom stereocenters. The summed E-state index contributed by atoms with van der Waals surface area (Å²) in [4.78, 5) is 5.30. The van der Waals surface area contributed by atoms with Crippen LogP contribution in [0.2, 0.25) is 0 Å². The number of furan rings is 1. The fraction of sp³-hybridized carbons (Fsp3) is 0.324. The molecule has 0 saturated carbocycles. The number of allylic oxidation sites excluding steroid dienone is 3. The van der Waals surface area contributed by atoms with Gasteiger partial charge in [0.2, 0.25) is 0 Å². The Bertz CT molecular complexity index is 1410. The Morgan fingerprint density at radius 2 is 1.68 bits per heavy atom. The molecule has 0 aliphatic heterocycles. The van der Waals surface area contributed by atoms with Gasteiger partial charge in [0.25, 0.3) is 0 Å². The second-order valence-corrected chi connectivity index (χ2v) is 11.5. The van der Waals surface area contributed by atoms with Gasteiger partial charge < -0.3 is 9.73 Å². The van der Waals surface area contributed by atoms with Crippen LogP contribution in [0.4, 0.5) is 5.69 Å². The maximum absolute atomic E-state index is 6.34. The summed E-state index contributed by atoms with van der Waals surface area (Å²) in [6, 6.07) is 17.4. The van der Waals surface area contributed by atoms with Crippen molar-refractivity contribution >= 4 is 23.1 Å². The quantitative estimate of drug-likeness (QED) is 0.250. The van der Waals surface area contributed by atoms with Gasteiger partial charge in [0.05, 0.1) is 5.69 Å². The molecule has 1 unspecified atom stereocenters. The van der Waals surface area contributed by atoms with Crippen molar-refractivity contribution in [1.29, 1.82) is 0 Å². The van der Waals surface area contributed by atoms with Crippen LogP contribution in [-0.4, -0.2) is 4.98 Å². The number of anilines is 1. The average molecular weight is 523 g/mol. The third-order valence-corrected chi connectivity index (χ3v) is 8.22. The molecule has 38 heavy (non-hydrogen) atoms. The fourth-order valence-electron chi connectivity index (χ4n) is 5.34. The van der Waals surface area contributed by atoms with Crippen LogP contribution in [0.5, 0.6) is 0 Å². The van der Waals surface area contributed by atoms with E-state index in [4.69, 9.17) is 9.40 Å². The van der Waals surface area contributed by atoms with E-state index in [1.165, 1.54) is 33.5 Å². The minimum atomic E-state index is -0.0473. The van der Waals surface area contributed by atoms with Gasteiger partial charge in [-0.3, -0.25) is 0 Å². The molecule has 0 amide bonds. The summed E-state index contributed by atoms with van der Waals surface area (Å²) in [5, 5.41) is 7.27. The lowest BCUT2D eigenvalue weighted by Crippen LogP contribution is -2.16. The van der Waals surface area contributed by atoms with E-state index in [1.54, 1.807) is 11.3 Å². The van der Waals surface area contributed by atoms with E-state index in [2.05, 4.69) is 118 Å². The molecule has 4 heteroatoms. The normalized spacial score (nSPS) is 15.7. The van der Waals surface area contributed by atoms with Crippen LogP contribution in [0.15, 0.2) is 76.6 Å². The summed E-state index contributed by atoms with van der Waals surface area (Å²) in [7, 11) is 0. The smallest absolute Gasteiger partial charge is 0.130 e. The number of para-hydroxylation sites is 1. The summed E-state index contributed by atoms with van der Waals surface area (Å²) >= 11 is 1.73. The summed E-state index contributed by atoms with van der Waals surface area (Å²) in [5.74, 6) is 2.83. The zero-order valence-corrected chi connectivity index (χ0v) is 23.9. The maximum Gasteiger partial charge on any atom is 0.130 e. The second kappa shape index (κ2) is 11.6. The SMILES string of the molecule is CCc1oc2c(c1-c1csc(C(Nc3c(C(C)C)cccc3C(C)C)c3ccccc3)n1)CC/C=C\C=C/2. The molecular formula is C34H38N2OS. The predicted octanol–water partition coefficient (Wildman–Crippen LogP) is 9.93. The number of nitrogens with zero attached hydrogens (tertiary/aromatic N) is 1. The van der Waals surface area contributed by atoms with E-state index in [1.807, 2.05) is 0 Å². The zero-order chi connectivity index (χ0) is 26.6. The molecule has 0 saturated heterocycles. The van der Waals surface area contributed by atoms with Crippen molar-refractivity contribution in [3.63, 3.8) is 0 Å². The van der Waals surface area contributed by atoms with E-state index in [9.17, 15) is 0 Å². The first-order valence-electron chi connectivity index (χ1n) is 13.9. The lowest BCUT2D eigenvalue weighted by atomic mass is 9.92. The van der Waals surface area contributed by atoms with Crippen molar-refractivity contribution in [2.45, 2.75) is 71.8 Å². The molecule has 1 aliphatic carbocycles. The maximum atomic E-state index is 6.34. The number of rotatable bonds is 8. The molecule has 5 rings (SSSR count). The van der Waals surface area contributed by atoms with Gasteiger partial charge in [-0.2, -0.15) is 0 Å². The van der Waals surface area contributed by atoms with Gasteiger partial charge >= 0.3 is 0 Å². The van der Waals surface area contributed by atoms with Gasteiger partial charge in [0.15, 0.2) is 0 Å². The minimum absolute atomic E-state index is 0.0473. The summed E-state index contributed by atoms with van der Waals surface area (Å²) in [5.41, 5.74) is 8.62. The summed E-state index contributed by atoms with van der Waals surface area (Å²) in [6.07, 6.45) is 11.3. The third kappa shape index (κ3) is 5.28. The minimum Gasteiger partial charge on any atom is -0.461 e. The van der Waals surface area contributed by atoms with E-state index in [0.717, 1.165) is 41.5 Å². The van der Waals surface area contributed by atoms with E-state index in [0.29, 0.717) is 11.8 Å². The Labute approximate surface area is 231 Å². The molecular weight excluding hydrogens is 484 g/mol. The zero-order valence-electron chi connectivity index (χ0n) is 23.1. The lowest BCUT2D eigenvalue weighted by molar-refractivity contribution is 0.506. The average Bonchev–Trinajstić information content (AvgIpc) is 3.51. The van der Waals surface area contributed by atoms with Gasteiger partial charge in [-0.1, -0.05) is 101 Å². The Hall–Kier alpha value is -3.37. The third-order valence-electron chi connectivity index (χ3n) is 7.31. The fourth-order valence-corrected chi connectivity index (χ4v) is 6.23. The molecule has 2 heterocycles. The molecule has 0 radical (unpaired) electrons. The monoisotopic (exact) mass is 522 g/mol. The Kier molecular flexibility index (Phi) is 7.99. The molecule has 2 aromatic heterocycles. The highest BCUT2D eigenvalue weighted by molar-refractivity contribution is 7.10. The molecule has 0 fully saturated rings. The molecule has 196 valence electrons. The van der Waals surface area contributed by atoms with Crippen LogP contribution >= 0.6 is 11.3 Å². The first-order chi connectivity index (χ1) is 18.5. The predicted molar refractivity (Wildman–Crippen MR) is 162 cm³/mol. The van der Waals surface area contributed by atoms with Crippen molar-refractivity contribution in [3.05, 3.63) is 111 Å². The number of fused-ring (bicyclic) bond motifs is 1. The van der Waals surface area contributed by atoms with E-state index in [-0.39, 0.29) is 6.04 Å². The van der Waals surface area contributed by atoms with Gasteiger partial charge in [-0.15, -0.1) is 11.3 Å². The first kappa shape index (κ1) is 26.2. The highest BCUT2D eigenvalue weighted by Crippen LogP contribution is 2.40. The number of aryl methyl sites for hydroxylation is 1. The van der Waals surface area contributed by atoms with Gasteiger partial charge in [-0.25, -0.2) is 4.98 Å². The molecule has 0 spiro atoms. The number of thiazole rings is 1. The second-order valence-electron chi connectivity index (χ2n) is 10.6. The molecule has 1 N–H and O–H groups in total. The number of hydrogen-bond donors (Lipinski definition) is 1. The first-order valence-corrected chi connectivity index (χ1v) is 14.7. The molecule has 2 aromatic carbocycles. The number of hydrogen-bond acceptors (Lipinski definition) is 4. The standard InChI is InChI=1S/C34H38N2OS/c1-6-29-31(27-17-12-7-8-13-20-30(27)37-29)28-21-38-34(35-28)32(24-15-10-9-11-16-24)36-33-25(22(2)3)18-14-19-26(33)23(4)5/h7-11,13-16,18-23,32,36H,6,12,17H2,1-5H3/b8-7-,20-13-. The largest absolute Gasteiger partial charge is 0.461 e. The van der Waals surface area contributed by atoms with Crippen molar-refractivity contribution in [3.8, 4) is 11.3 Å². The van der Waals surface area contributed by atoms with E-state index < -0.39 is 0 Å². The van der Waals surface area contributed by atoms with Crippen molar-refractivity contribution in [2.75, 3.05) is 5.32 Å². The molecule has 3 nitrogen and oxygen atoms in total. The number of benzene rings is 2.